The maximum Gasteiger partial charge on any atom is 0.264 e. The van der Waals surface area contributed by atoms with E-state index in [0.29, 0.717) is 0 Å². The second-order valence-corrected chi connectivity index (χ2v) is 5.96. The number of halogens is 1. The van der Waals surface area contributed by atoms with Gasteiger partial charge >= 0.3 is 0 Å². The molecule has 0 aliphatic carbocycles. The number of nitrogens with one attached hydrogen (secondary N) is 1. The molecule has 3 nitrogen and oxygen atoms in total. The van der Waals surface area contributed by atoms with E-state index in [4.69, 9.17) is 0 Å². The van der Waals surface area contributed by atoms with Gasteiger partial charge in [0.15, 0.2) is 0 Å². The standard InChI is InChI=1S/C10H13BrN2OS/c11-9-3-2-8(15-9)10(14)13-6-1-4-12-5-7-13/h2-3,12H,1,4-7H2. The average Bonchev–Trinajstić information content (AvgIpc) is 2.53. The Labute approximate surface area is 102 Å². The molecule has 1 fully saturated rings. The zero-order valence-electron chi connectivity index (χ0n) is 8.33. The van der Waals surface area contributed by atoms with E-state index in [0.717, 1.165) is 41.3 Å². The minimum atomic E-state index is 0.161. The molecule has 1 saturated heterocycles. The third-order valence-electron chi connectivity index (χ3n) is 2.41. The molecule has 0 bridgehead atoms. The van der Waals surface area contributed by atoms with Gasteiger partial charge in [-0.15, -0.1) is 11.3 Å². The van der Waals surface area contributed by atoms with Crippen molar-refractivity contribution in [3.8, 4) is 0 Å². The smallest absolute Gasteiger partial charge is 0.264 e. The molecule has 1 aliphatic heterocycles. The zero-order chi connectivity index (χ0) is 10.7. The monoisotopic (exact) mass is 288 g/mol. The summed E-state index contributed by atoms with van der Waals surface area (Å²) in [6.45, 7) is 3.59. The molecule has 2 rings (SSSR count). The van der Waals surface area contributed by atoms with E-state index >= 15 is 0 Å². The highest BCUT2D eigenvalue weighted by molar-refractivity contribution is 9.11. The van der Waals surface area contributed by atoms with Gasteiger partial charge in [0.1, 0.15) is 0 Å². The minimum absolute atomic E-state index is 0.161. The molecule has 1 N–H and O–H groups in total. The fourth-order valence-electron chi connectivity index (χ4n) is 1.63. The van der Waals surface area contributed by atoms with Gasteiger partial charge in [0, 0.05) is 19.6 Å². The van der Waals surface area contributed by atoms with Crippen molar-refractivity contribution in [1.29, 1.82) is 0 Å². The molecule has 0 aromatic carbocycles. The molecule has 1 aliphatic rings. The molecule has 0 atom stereocenters. The van der Waals surface area contributed by atoms with Gasteiger partial charge < -0.3 is 10.2 Å². The fourth-order valence-corrected chi connectivity index (χ4v) is 2.99. The van der Waals surface area contributed by atoms with Gasteiger partial charge in [0.2, 0.25) is 0 Å². The van der Waals surface area contributed by atoms with Crippen molar-refractivity contribution in [2.75, 3.05) is 26.2 Å². The van der Waals surface area contributed by atoms with Crippen molar-refractivity contribution in [2.24, 2.45) is 0 Å². The molecule has 15 heavy (non-hydrogen) atoms. The topological polar surface area (TPSA) is 32.3 Å². The Morgan fingerprint density at radius 1 is 1.40 bits per heavy atom. The Morgan fingerprint density at radius 2 is 2.27 bits per heavy atom. The molecule has 2 heterocycles. The van der Waals surface area contributed by atoms with Crippen LogP contribution in [-0.2, 0) is 0 Å². The summed E-state index contributed by atoms with van der Waals surface area (Å²) in [7, 11) is 0. The minimum Gasteiger partial charge on any atom is -0.337 e. The predicted molar refractivity (Wildman–Crippen MR) is 65.4 cm³/mol. The quantitative estimate of drug-likeness (QED) is 0.857. The number of thiophene rings is 1. The summed E-state index contributed by atoms with van der Waals surface area (Å²) in [5, 5.41) is 3.29. The molecule has 1 aromatic rings. The Bertz CT molecular complexity index is 345. The maximum atomic E-state index is 12.1. The number of rotatable bonds is 1. The maximum absolute atomic E-state index is 12.1. The first kappa shape index (κ1) is 11.1. The van der Waals surface area contributed by atoms with E-state index in [1.807, 2.05) is 17.0 Å². The van der Waals surface area contributed by atoms with Gasteiger partial charge in [0.05, 0.1) is 8.66 Å². The van der Waals surface area contributed by atoms with Gasteiger partial charge in [-0.05, 0) is 41.0 Å². The lowest BCUT2D eigenvalue weighted by Crippen LogP contribution is -2.33. The molecule has 0 unspecified atom stereocenters. The molecule has 5 heteroatoms. The van der Waals surface area contributed by atoms with Gasteiger partial charge in [-0.25, -0.2) is 0 Å². The first-order valence-electron chi connectivity index (χ1n) is 5.03. The lowest BCUT2D eigenvalue weighted by molar-refractivity contribution is 0.0771. The molecule has 1 amide bonds. The van der Waals surface area contributed by atoms with Crippen molar-refractivity contribution in [1.82, 2.24) is 10.2 Å². The fraction of sp³-hybridized carbons (Fsp3) is 0.500. The van der Waals surface area contributed by atoms with Gasteiger partial charge in [-0.3, -0.25) is 4.79 Å². The number of carbonyl (C=O) groups is 1. The van der Waals surface area contributed by atoms with Crippen molar-refractivity contribution in [3.63, 3.8) is 0 Å². The Hall–Kier alpha value is -0.390. The molecular formula is C10H13BrN2OS. The number of hydrogen-bond donors (Lipinski definition) is 1. The van der Waals surface area contributed by atoms with Crippen molar-refractivity contribution in [2.45, 2.75) is 6.42 Å². The molecule has 0 spiro atoms. The average molecular weight is 289 g/mol. The second-order valence-electron chi connectivity index (χ2n) is 3.50. The summed E-state index contributed by atoms with van der Waals surface area (Å²) >= 11 is 4.88. The van der Waals surface area contributed by atoms with Crippen LogP contribution >= 0.6 is 27.3 Å². The summed E-state index contributed by atoms with van der Waals surface area (Å²) < 4.78 is 1.01. The van der Waals surface area contributed by atoms with Crippen LogP contribution in [0.3, 0.4) is 0 Å². The van der Waals surface area contributed by atoms with E-state index < -0.39 is 0 Å². The van der Waals surface area contributed by atoms with Crippen LogP contribution in [0.2, 0.25) is 0 Å². The summed E-state index contributed by atoms with van der Waals surface area (Å²) in [6, 6.07) is 3.81. The SMILES string of the molecule is O=C(c1ccc(Br)s1)N1CCCNCC1. The number of nitrogens with zero attached hydrogens (tertiary/aromatic N) is 1. The number of carbonyl (C=O) groups excluding carboxylic acids is 1. The summed E-state index contributed by atoms with van der Waals surface area (Å²) in [5.41, 5.74) is 0. The van der Waals surface area contributed by atoms with Crippen molar-refractivity contribution < 1.29 is 4.79 Å². The third kappa shape index (κ3) is 2.80. The second kappa shape index (κ2) is 5.09. The lowest BCUT2D eigenvalue weighted by Gasteiger charge is -2.18. The van der Waals surface area contributed by atoms with Gasteiger partial charge in [0.25, 0.3) is 5.91 Å². The van der Waals surface area contributed by atoms with Gasteiger partial charge in [-0.2, -0.15) is 0 Å². The summed E-state index contributed by atoms with van der Waals surface area (Å²) in [5.74, 6) is 0.161. The van der Waals surface area contributed by atoms with E-state index in [1.165, 1.54) is 11.3 Å². The van der Waals surface area contributed by atoms with Crippen molar-refractivity contribution in [3.05, 3.63) is 20.8 Å². The molecule has 0 saturated carbocycles. The normalized spacial score (nSPS) is 17.5. The molecular weight excluding hydrogens is 276 g/mol. The highest BCUT2D eigenvalue weighted by Gasteiger charge is 2.18. The Morgan fingerprint density at radius 3 is 3.00 bits per heavy atom. The largest absolute Gasteiger partial charge is 0.337 e. The van der Waals surface area contributed by atoms with Crippen LogP contribution < -0.4 is 5.32 Å². The van der Waals surface area contributed by atoms with Gasteiger partial charge in [-0.1, -0.05) is 0 Å². The molecule has 0 radical (unpaired) electrons. The van der Waals surface area contributed by atoms with Crippen LogP contribution in [0.5, 0.6) is 0 Å². The van der Waals surface area contributed by atoms with Crippen LogP contribution in [-0.4, -0.2) is 37.0 Å². The van der Waals surface area contributed by atoms with Crippen LogP contribution in [0, 0.1) is 0 Å². The Kier molecular flexibility index (Phi) is 3.77. The molecule has 82 valence electrons. The van der Waals surface area contributed by atoms with Crippen LogP contribution in [0.25, 0.3) is 0 Å². The highest BCUT2D eigenvalue weighted by Crippen LogP contribution is 2.23. The summed E-state index contributed by atoms with van der Waals surface area (Å²) in [6.07, 6.45) is 1.04. The lowest BCUT2D eigenvalue weighted by atomic mass is 10.3. The Balaban J connectivity index is 2.06. The van der Waals surface area contributed by atoms with E-state index in [-0.39, 0.29) is 5.91 Å². The third-order valence-corrected chi connectivity index (χ3v) is 4.02. The van der Waals surface area contributed by atoms with Crippen molar-refractivity contribution >= 4 is 33.2 Å². The van der Waals surface area contributed by atoms with E-state index in [1.54, 1.807) is 0 Å². The number of amides is 1. The first-order valence-corrected chi connectivity index (χ1v) is 6.63. The predicted octanol–water partition coefficient (Wildman–Crippen LogP) is 1.95. The molecule has 1 aromatic heterocycles. The van der Waals surface area contributed by atoms with Crippen LogP contribution in [0.4, 0.5) is 0 Å². The number of hydrogen-bond acceptors (Lipinski definition) is 3. The van der Waals surface area contributed by atoms with Crippen LogP contribution in [0.1, 0.15) is 16.1 Å². The van der Waals surface area contributed by atoms with E-state index in [2.05, 4.69) is 21.2 Å². The summed E-state index contributed by atoms with van der Waals surface area (Å²) in [4.78, 5) is 14.8. The van der Waals surface area contributed by atoms with E-state index in [9.17, 15) is 4.79 Å². The van der Waals surface area contributed by atoms with Crippen LogP contribution in [0.15, 0.2) is 15.9 Å². The first-order chi connectivity index (χ1) is 7.27. The zero-order valence-corrected chi connectivity index (χ0v) is 10.7. The highest BCUT2D eigenvalue weighted by atomic mass is 79.9.